The van der Waals surface area contributed by atoms with E-state index in [-0.39, 0.29) is 6.61 Å². The molecule has 0 saturated carbocycles. The molecule has 0 aromatic carbocycles. The second-order valence-corrected chi connectivity index (χ2v) is 3.52. The molecule has 0 radical (unpaired) electrons. The van der Waals surface area contributed by atoms with Crippen LogP contribution >= 0.6 is 0 Å². The Hall–Kier alpha value is -0.610. The maximum atomic E-state index is 10.8. The summed E-state index contributed by atoms with van der Waals surface area (Å²) in [6, 6.07) is 0. The Bertz CT molecular complexity index is 158. The van der Waals surface area contributed by atoms with Gasteiger partial charge in [0.2, 0.25) is 0 Å². The summed E-state index contributed by atoms with van der Waals surface area (Å²) >= 11 is 0. The van der Waals surface area contributed by atoms with Gasteiger partial charge in [0.25, 0.3) is 0 Å². The summed E-state index contributed by atoms with van der Waals surface area (Å²) in [5.41, 5.74) is 0. The Balaban J connectivity index is 3.94. The van der Waals surface area contributed by atoms with Crippen LogP contribution in [0, 0.1) is 5.92 Å². The van der Waals surface area contributed by atoms with Gasteiger partial charge >= 0.3 is 5.97 Å². The highest BCUT2D eigenvalue weighted by atomic mass is 16.4. The quantitative estimate of drug-likeness (QED) is 0.516. The van der Waals surface area contributed by atoms with Gasteiger partial charge in [0, 0.05) is 6.61 Å². The van der Waals surface area contributed by atoms with Crippen molar-refractivity contribution in [1.29, 1.82) is 0 Å². The zero-order chi connectivity index (χ0) is 11.0. The maximum Gasteiger partial charge on any atom is 0.309 e. The lowest BCUT2D eigenvalue weighted by Crippen LogP contribution is -2.28. The van der Waals surface area contributed by atoms with Crippen LogP contribution in [0.25, 0.3) is 0 Å². The van der Waals surface area contributed by atoms with Crippen LogP contribution in [0.3, 0.4) is 0 Å². The minimum absolute atomic E-state index is 0.0796. The van der Waals surface area contributed by atoms with Crippen LogP contribution in [0.4, 0.5) is 0 Å². The fraction of sp³-hybridized carbons (Fsp3) is 0.900. The Morgan fingerprint density at radius 2 is 1.93 bits per heavy atom. The van der Waals surface area contributed by atoms with Crippen LogP contribution in [0.1, 0.15) is 39.0 Å². The fourth-order valence-electron chi connectivity index (χ4n) is 1.45. The number of carboxylic acid groups (broad SMARTS) is 1. The molecule has 0 bridgehead atoms. The summed E-state index contributed by atoms with van der Waals surface area (Å²) in [5, 5.41) is 26.9. The average molecular weight is 204 g/mol. The van der Waals surface area contributed by atoms with Crippen LogP contribution in [-0.2, 0) is 4.79 Å². The van der Waals surface area contributed by atoms with Crippen LogP contribution < -0.4 is 0 Å². The SMILES string of the molecule is CCCC(O)C(CCCCO)C(=O)O. The predicted molar refractivity (Wildman–Crippen MR) is 53.0 cm³/mol. The average Bonchev–Trinajstić information content (AvgIpc) is 2.12. The van der Waals surface area contributed by atoms with Crippen molar-refractivity contribution in [1.82, 2.24) is 0 Å². The van der Waals surface area contributed by atoms with Crippen LogP contribution in [-0.4, -0.2) is 34.0 Å². The van der Waals surface area contributed by atoms with E-state index in [1.807, 2.05) is 6.92 Å². The molecular weight excluding hydrogens is 184 g/mol. The van der Waals surface area contributed by atoms with Gasteiger partial charge in [-0.15, -0.1) is 0 Å². The Labute approximate surface area is 84.6 Å². The Kier molecular flexibility index (Phi) is 7.42. The van der Waals surface area contributed by atoms with Crippen molar-refractivity contribution in [3.05, 3.63) is 0 Å². The molecule has 84 valence electrons. The van der Waals surface area contributed by atoms with Gasteiger partial charge in [-0.1, -0.05) is 19.8 Å². The number of aliphatic hydroxyl groups is 2. The molecule has 0 rings (SSSR count). The standard InChI is InChI=1S/C10H20O4/c1-2-5-9(12)8(10(13)14)6-3-4-7-11/h8-9,11-12H,2-7H2,1H3,(H,13,14). The van der Waals surface area contributed by atoms with E-state index in [2.05, 4.69) is 0 Å². The lowest BCUT2D eigenvalue weighted by molar-refractivity contribution is -0.146. The van der Waals surface area contributed by atoms with Gasteiger partial charge in [-0.05, 0) is 19.3 Å². The third-order valence-electron chi connectivity index (χ3n) is 2.29. The molecule has 0 heterocycles. The molecule has 0 aromatic heterocycles. The molecule has 0 amide bonds. The van der Waals surface area contributed by atoms with Gasteiger partial charge in [-0.25, -0.2) is 0 Å². The van der Waals surface area contributed by atoms with Crippen LogP contribution in [0.5, 0.6) is 0 Å². The summed E-state index contributed by atoms with van der Waals surface area (Å²) in [4.78, 5) is 10.8. The van der Waals surface area contributed by atoms with E-state index in [9.17, 15) is 9.90 Å². The summed E-state index contributed by atoms with van der Waals surface area (Å²) in [6.45, 7) is 1.99. The maximum absolute atomic E-state index is 10.8. The molecule has 3 N–H and O–H groups in total. The minimum Gasteiger partial charge on any atom is -0.481 e. The topological polar surface area (TPSA) is 77.8 Å². The largest absolute Gasteiger partial charge is 0.481 e. The molecule has 2 unspecified atom stereocenters. The summed E-state index contributed by atoms with van der Waals surface area (Å²) in [7, 11) is 0. The van der Waals surface area contributed by atoms with E-state index in [1.54, 1.807) is 0 Å². The normalized spacial score (nSPS) is 15.1. The number of hydrogen-bond acceptors (Lipinski definition) is 3. The van der Waals surface area contributed by atoms with E-state index in [0.717, 1.165) is 6.42 Å². The van der Waals surface area contributed by atoms with Crippen LogP contribution in [0.2, 0.25) is 0 Å². The monoisotopic (exact) mass is 204 g/mol. The van der Waals surface area contributed by atoms with E-state index >= 15 is 0 Å². The van der Waals surface area contributed by atoms with Crippen molar-refractivity contribution in [2.45, 2.75) is 45.1 Å². The first kappa shape index (κ1) is 13.4. The summed E-state index contributed by atoms with van der Waals surface area (Å²) in [5.74, 6) is -1.62. The summed E-state index contributed by atoms with van der Waals surface area (Å²) in [6.07, 6.45) is 2.24. The van der Waals surface area contributed by atoms with E-state index < -0.39 is 18.0 Å². The number of aliphatic hydroxyl groups excluding tert-OH is 2. The fourth-order valence-corrected chi connectivity index (χ4v) is 1.45. The highest BCUT2D eigenvalue weighted by Crippen LogP contribution is 2.17. The Morgan fingerprint density at radius 1 is 1.29 bits per heavy atom. The molecule has 0 fully saturated rings. The smallest absolute Gasteiger partial charge is 0.309 e. The van der Waals surface area contributed by atoms with Crippen molar-refractivity contribution >= 4 is 5.97 Å². The lowest BCUT2D eigenvalue weighted by atomic mass is 9.93. The van der Waals surface area contributed by atoms with Gasteiger partial charge in [0.05, 0.1) is 12.0 Å². The van der Waals surface area contributed by atoms with Gasteiger partial charge in [0.15, 0.2) is 0 Å². The molecule has 2 atom stereocenters. The number of unbranched alkanes of at least 4 members (excludes halogenated alkanes) is 1. The molecule has 0 aliphatic carbocycles. The number of hydrogen-bond donors (Lipinski definition) is 3. The molecular formula is C10H20O4. The molecule has 14 heavy (non-hydrogen) atoms. The van der Waals surface area contributed by atoms with Crippen molar-refractivity contribution in [3.8, 4) is 0 Å². The van der Waals surface area contributed by atoms with Gasteiger partial charge in [-0.3, -0.25) is 4.79 Å². The molecule has 0 spiro atoms. The van der Waals surface area contributed by atoms with Gasteiger partial charge < -0.3 is 15.3 Å². The second kappa shape index (κ2) is 7.76. The highest BCUT2D eigenvalue weighted by molar-refractivity contribution is 5.70. The zero-order valence-electron chi connectivity index (χ0n) is 8.65. The predicted octanol–water partition coefficient (Wildman–Crippen LogP) is 1.01. The first-order valence-electron chi connectivity index (χ1n) is 5.15. The molecule has 0 aromatic rings. The number of aliphatic carboxylic acids is 1. The number of carboxylic acids is 1. The minimum atomic E-state index is -0.941. The lowest BCUT2D eigenvalue weighted by Gasteiger charge is -2.18. The first-order valence-corrected chi connectivity index (χ1v) is 5.15. The third-order valence-corrected chi connectivity index (χ3v) is 2.29. The van der Waals surface area contributed by atoms with Crippen molar-refractivity contribution in [2.75, 3.05) is 6.61 Å². The van der Waals surface area contributed by atoms with Crippen molar-refractivity contribution in [2.24, 2.45) is 5.92 Å². The second-order valence-electron chi connectivity index (χ2n) is 3.52. The summed E-state index contributed by atoms with van der Waals surface area (Å²) < 4.78 is 0. The Morgan fingerprint density at radius 3 is 2.36 bits per heavy atom. The third kappa shape index (κ3) is 5.19. The first-order chi connectivity index (χ1) is 6.63. The molecule has 4 nitrogen and oxygen atoms in total. The molecule has 0 saturated heterocycles. The number of rotatable bonds is 8. The van der Waals surface area contributed by atoms with Gasteiger partial charge in [-0.2, -0.15) is 0 Å². The molecule has 0 aliphatic heterocycles. The van der Waals surface area contributed by atoms with Gasteiger partial charge in [0.1, 0.15) is 0 Å². The van der Waals surface area contributed by atoms with Crippen molar-refractivity contribution < 1.29 is 20.1 Å². The van der Waals surface area contributed by atoms with E-state index in [1.165, 1.54) is 0 Å². The van der Waals surface area contributed by atoms with Crippen molar-refractivity contribution in [3.63, 3.8) is 0 Å². The number of carbonyl (C=O) groups is 1. The van der Waals surface area contributed by atoms with E-state index in [4.69, 9.17) is 10.2 Å². The van der Waals surface area contributed by atoms with E-state index in [0.29, 0.717) is 25.7 Å². The molecule has 0 aliphatic rings. The van der Waals surface area contributed by atoms with Crippen LogP contribution in [0.15, 0.2) is 0 Å². The highest BCUT2D eigenvalue weighted by Gasteiger charge is 2.24. The molecule has 4 heteroatoms. The zero-order valence-corrected chi connectivity index (χ0v) is 8.65.